The third kappa shape index (κ3) is 2.22. The maximum atomic E-state index is 8.74. The lowest BCUT2D eigenvalue weighted by Crippen LogP contribution is -2.22. The molecule has 0 bridgehead atoms. The zero-order chi connectivity index (χ0) is 13.0. The number of benzene rings is 1. The average Bonchev–Trinajstić information content (AvgIpc) is 2.46. The van der Waals surface area contributed by atoms with Gasteiger partial charge in [0, 0.05) is 25.1 Å². The first-order valence-electron chi connectivity index (χ1n) is 5.31. The third-order valence-electron chi connectivity index (χ3n) is 2.49. The van der Waals surface area contributed by atoms with Crippen molar-refractivity contribution < 1.29 is 5.21 Å². The van der Waals surface area contributed by atoms with E-state index >= 15 is 0 Å². The van der Waals surface area contributed by atoms with Crippen LogP contribution in [-0.2, 0) is 0 Å². The summed E-state index contributed by atoms with van der Waals surface area (Å²) < 4.78 is 0. The van der Waals surface area contributed by atoms with Crippen LogP contribution in [0, 0.1) is 0 Å². The van der Waals surface area contributed by atoms with Gasteiger partial charge in [0.2, 0.25) is 0 Å². The molecule has 0 aliphatic carbocycles. The Hall–Kier alpha value is -2.63. The molecule has 0 radical (unpaired) electrons. The number of amidine groups is 1. The maximum absolute atomic E-state index is 8.74. The van der Waals surface area contributed by atoms with E-state index in [9.17, 15) is 0 Å². The van der Waals surface area contributed by atoms with E-state index in [0.29, 0.717) is 11.5 Å². The van der Waals surface area contributed by atoms with Crippen LogP contribution in [0.4, 0.5) is 11.5 Å². The zero-order valence-electron chi connectivity index (χ0n) is 9.85. The van der Waals surface area contributed by atoms with Gasteiger partial charge in [-0.15, -0.1) is 0 Å². The van der Waals surface area contributed by atoms with Crippen molar-refractivity contribution in [3.05, 3.63) is 48.4 Å². The first kappa shape index (κ1) is 11.8. The van der Waals surface area contributed by atoms with Gasteiger partial charge in [-0.05, 0) is 12.1 Å². The number of anilines is 2. The molecule has 0 fully saturated rings. The molecule has 18 heavy (non-hydrogen) atoms. The number of oxime groups is 1. The van der Waals surface area contributed by atoms with Crippen molar-refractivity contribution in [2.24, 2.45) is 10.9 Å². The summed E-state index contributed by atoms with van der Waals surface area (Å²) in [4.78, 5) is 10.1. The van der Waals surface area contributed by atoms with E-state index in [1.807, 2.05) is 42.3 Å². The minimum atomic E-state index is -0.0686. The lowest BCUT2D eigenvalue weighted by atomic mass is 10.2. The number of hydrogen-bond donors (Lipinski definition) is 2. The summed E-state index contributed by atoms with van der Waals surface area (Å²) in [6.07, 6.45) is 3.05. The first-order valence-corrected chi connectivity index (χ1v) is 5.31. The van der Waals surface area contributed by atoms with Gasteiger partial charge >= 0.3 is 0 Å². The molecule has 2 rings (SSSR count). The molecule has 0 saturated heterocycles. The Kier molecular flexibility index (Phi) is 3.38. The van der Waals surface area contributed by atoms with Crippen LogP contribution in [0.15, 0.2) is 47.9 Å². The monoisotopic (exact) mass is 243 g/mol. The van der Waals surface area contributed by atoms with Gasteiger partial charge in [-0.2, -0.15) is 0 Å². The fourth-order valence-electron chi connectivity index (χ4n) is 1.58. The molecule has 0 amide bonds. The number of rotatable bonds is 3. The number of nitrogens with two attached hydrogens (primary N) is 1. The topological polar surface area (TPSA) is 87.6 Å². The largest absolute Gasteiger partial charge is 0.409 e. The van der Waals surface area contributed by atoms with Gasteiger partial charge in [-0.3, -0.25) is 0 Å². The van der Waals surface area contributed by atoms with Crippen molar-refractivity contribution in [3.63, 3.8) is 0 Å². The van der Waals surface area contributed by atoms with Crippen molar-refractivity contribution in [3.8, 4) is 0 Å². The lowest BCUT2D eigenvalue weighted by molar-refractivity contribution is 0.318. The molecular formula is C12H13N5O. The van der Waals surface area contributed by atoms with Gasteiger partial charge in [0.05, 0.1) is 0 Å². The third-order valence-corrected chi connectivity index (χ3v) is 2.49. The highest BCUT2D eigenvalue weighted by molar-refractivity contribution is 6.00. The van der Waals surface area contributed by atoms with E-state index in [-0.39, 0.29) is 5.84 Å². The second kappa shape index (κ2) is 5.13. The minimum Gasteiger partial charge on any atom is -0.409 e. The fourth-order valence-corrected chi connectivity index (χ4v) is 1.58. The van der Waals surface area contributed by atoms with Crippen LogP contribution < -0.4 is 10.6 Å². The highest BCUT2D eigenvalue weighted by Crippen LogP contribution is 2.22. The Balaban J connectivity index is 2.46. The van der Waals surface area contributed by atoms with Crippen molar-refractivity contribution in [1.29, 1.82) is 0 Å². The number of aromatic nitrogens is 2. The summed E-state index contributed by atoms with van der Waals surface area (Å²) in [6, 6.07) is 9.64. The predicted octanol–water partition coefficient (Wildman–Crippen LogP) is 1.34. The summed E-state index contributed by atoms with van der Waals surface area (Å²) in [5.74, 6) is 0.458. The summed E-state index contributed by atoms with van der Waals surface area (Å²) >= 11 is 0. The Morgan fingerprint density at radius 2 is 1.89 bits per heavy atom. The second-order valence-electron chi connectivity index (χ2n) is 3.61. The molecule has 3 N–H and O–H groups in total. The molecule has 6 nitrogen and oxygen atoms in total. The normalized spacial score (nSPS) is 11.3. The van der Waals surface area contributed by atoms with Gasteiger partial charge in [0.15, 0.2) is 17.3 Å². The second-order valence-corrected chi connectivity index (χ2v) is 3.61. The molecule has 0 spiro atoms. The molecule has 6 heteroatoms. The molecule has 0 unspecified atom stereocenters. The highest BCUT2D eigenvalue weighted by Gasteiger charge is 2.14. The smallest absolute Gasteiger partial charge is 0.192 e. The van der Waals surface area contributed by atoms with Gasteiger partial charge in [-0.1, -0.05) is 23.4 Å². The predicted molar refractivity (Wildman–Crippen MR) is 69.0 cm³/mol. The van der Waals surface area contributed by atoms with Crippen LogP contribution in [-0.4, -0.2) is 28.1 Å². The quantitative estimate of drug-likeness (QED) is 0.367. The molecule has 0 saturated carbocycles. The van der Waals surface area contributed by atoms with Crippen molar-refractivity contribution in [2.75, 3.05) is 11.9 Å². The van der Waals surface area contributed by atoms with Gasteiger partial charge in [0.1, 0.15) is 0 Å². The van der Waals surface area contributed by atoms with E-state index in [4.69, 9.17) is 10.9 Å². The van der Waals surface area contributed by atoms with Crippen LogP contribution >= 0.6 is 0 Å². The van der Waals surface area contributed by atoms with Gasteiger partial charge < -0.3 is 15.8 Å². The van der Waals surface area contributed by atoms with Crippen LogP contribution in [0.2, 0.25) is 0 Å². The Morgan fingerprint density at radius 1 is 1.22 bits per heavy atom. The number of para-hydroxylation sites is 1. The standard InChI is InChI=1S/C12H13N5O/c1-17(9-5-3-2-4-6-9)12-10(11(13)16-18)14-7-8-15-12/h2-8,18H,1H3,(H2,13,16). The molecule has 0 aliphatic rings. The lowest BCUT2D eigenvalue weighted by Gasteiger charge is -2.19. The van der Waals surface area contributed by atoms with Gasteiger partial charge in [0.25, 0.3) is 0 Å². The van der Waals surface area contributed by atoms with Crippen molar-refractivity contribution in [2.45, 2.75) is 0 Å². The molecule has 1 aromatic heterocycles. The number of hydrogen-bond acceptors (Lipinski definition) is 5. The van der Waals surface area contributed by atoms with Crippen LogP contribution in [0.5, 0.6) is 0 Å². The zero-order valence-corrected chi connectivity index (χ0v) is 9.85. The van der Waals surface area contributed by atoms with E-state index in [2.05, 4.69) is 15.1 Å². The van der Waals surface area contributed by atoms with E-state index in [0.717, 1.165) is 5.69 Å². The minimum absolute atomic E-state index is 0.0686. The molecular weight excluding hydrogens is 230 g/mol. The van der Waals surface area contributed by atoms with Crippen molar-refractivity contribution >= 4 is 17.3 Å². The fraction of sp³-hybridized carbons (Fsp3) is 0.0833. The van der Waals surface area contributed by atoms with E-state index in [1.54, 1.807) is 6.20 Å². The van der Waals surface area contributed by atoms with Gasteiger partial charge in [-0.25, -0.2) is 9.97 Å². The molecule has 0 aliphatic heterocycles. The van der Waals surface area contributed by atoms with Crippen molar-refractivity contribution in [1.82, 2.24) is 9.97 Å². The average molecular weight is 243 g/mol. The summed E-state index contributed by atoms with van der Waals surface area (Å²) in [5, 5.41) is 11.7. The van der Waals surface area contributed by atoms with E-state index in [1.165, 1.54) is 6.20 Å². The first-order chi connectivity index (χ1) is 8.74. The van der Waals surface area contributed by atoms with Crippen LogP contribution in [0.25, 0.3) is 0 Å². The summed E-state index contributed by atoms with van der Waals surface area (Å²) in [7, 11) is 1.84. The SMILES string of the molecule is CN(c1ccccc1)c1nccnc1/C(N)=N/O. The Morgan fingerprint density at radius 3 is 2.56 bits per heavy atom. The maximum Gasteiger partial charge on any atom is 0.192 e. The molecule has 1 aromatic carbocycles. The Labute approximate surface area is 104 Å². The molecule has 0 atom stereocenters. The molecule has 1 heterocycles. The highest BCUT2D eigenvalue weighted by atomic mass is 16.4. The molecule has 92 valence electrons. The van der Waals surface area contributed by atoms with E-state index < -0.39 is 0 Å². The molecule has 2 aromatic rings. The van der Waals surface area contributed by atoms with Crippen LogP contribution in [0.1, 0.15) is 5.69 Å². The summed E-state index contributed by atoms with van der Waals surface area (Å²) in [6.45, 7) is 0. The summed E-state index contributed by atoms with van der Waals surface area (Å²) in [5.41, 5.74) is 6.86. The Bertz CT molecular complexity index is 555. The van der Waals surface area contributed by atoms with Crippen LogP contribution in [0.3, 0.4) is 0 Å². The number of nitrogens with zero attached hydrogens (tertiary/aromatic N) is 4.